The largest absolute Gasteiger partial charge is 0.395 e. The van der Waals surface area contributed by atoms with E-state index in [0.717, 1.165) is 30.6 Å². The molecule has 0 bridgehead atoms. The van der Waals surface area contributed by atoms with Gasteiger partial charge in [-0.25, -0.2) is 0 Å². The lowest BCUT2D eigenvalue weighted by molar-refractivity contribution is 0.0720. The molecule has 0 spiro atoms. The van der Waals surface area contributed by atoms with Gasteiger partial charge < -0.3 is 15.3 Å². The molecule has 2 N–H and O–H groups in total. The number of anilines is 1. The molecule has 1 rings (SSSR count). The van der Waals surface area contributed by atoms with Gasteiger partial charge in [0, 0.05) is 25.3 Å². The Morgan fingerprint density at radius 2 is 2.05 bits per heavy atom. The lowest BCUT2D eigenvalue weighted by Gasteiger charge is -2.23. The second kappa shape index (κ2) is 8.59. The Morgan fingerprint density at radius 3 is 2.65 bits per heavy atom. The fourth-order valence-corrected chi connectivity index (χ4v) is 2.14. The van der Waals surface area contributed by atoms with Crippen molar-refractivity contribution in [1.82, 2.24) is 4.90 Å². The van der Waals surface area contributed by atoms with Crippen molar-refractivity contribution >= 4 is 11.6 Å². The highest BCUT2D eigenvalue weighted by molar-refractivity contribution is 5.99. The minimum absolute atomic E-state index is 0.00213. The smallest absolute Gasteiger partial charge is 0.256 e. The summed E-state index contributed by atoms with van der Waals surface area (Å²) in [5, 5.41) is 12.4. The van der Waals surface area contributed by atoms with Crippen LogP contribution in [-0.4, -0.2) is 42.2 Å². The summed E-state index contributed by atoms with van der Waals surface area (Å²) in [6.45, 7) is 7.97. The predicted octanol–water partition coefficient (Wildman–Crippen LogP) is 2.66. The first kappa shape index (κ1) is 16.5. The van der Waals surface area contributed by atoms with Gasteiger partial charge in [0.1, 0.15) is 0 Å². The molecule has 1 aromatic rings. The monoisotopic (exact) mass is 278 g/mol. The number of rotatable bonds is 8. The Morgan fingerprint density at radius 1 is 1.30 bits per heavy atom. The topological polar surface area (TPSA) is 52.6 Å². The van der Waals surface area contributed by atoms with Crippen LogP contribution in [0.5, 0.6) is 0 Å². The highest BCUT2D eigenvalue weighted by atomic mass is 16.3. The van der Waals surface area contributed by atoms with E-state index in [9.17, 15) is 4.79 Å². The molecular formula is C16H26N2O2. The number of aliphatic hydroxyl groups is 1. The van der Waals surface area contributed by atoms with Crippen LogP contribution in [0, 0.1) is 6.92 Å². The average molecular weight is 278 g/mol. The summed E-state index contributed by atoms with van der Waals surface area (Å²) in [5.74, 6) is -0.0107. The zero-order valence-corrected chi connectivity index (χ0v) is 12.8. The Kier molecular flexibility index (Phi) is 7.09. The molecule has 4 heteroatoms. The molecule has 0 aliphatic rings. The molecule has 0 aliphatic carbocycles. The number of benzene rings is 1. The second-order valence-corrected chi connectivity index (χ2v) is 4.95. The van der Waals surface area contributed by atoms with Gasteiger partial charge in [0.15, 0.2) is 0 Å². The number of nitrogens with zero attached hydrogens (tertiary/aromatic N) is 1. The molecule has 1 aromatic carbocycles. The maximum Gasteiger partial charge on any atom is 0.256 e. The minimum Gasteiger partial charge on any atom is -0.395 e. The lowest BCUT2D eigenvalue weighted by Crippen LogP contribution is -2.34. The SMILES string of the molecule is CCCCN(CCO)C(=O)c1ccc(C)cc1NCC. The molecule has 0 saturated carbocycles. The van der Waals surface area contributed by atoms with Crippen LogP contribution < -0.4 is 5.32 Å². The number of hydrogen-bond acceptors (Lipinski definition) is 3. The van der Waals surface area contributed by atoms with Crippen LogP contribution in [0.2, 0.25) is 0 Å². The number of nitrogens with one attached hydrogen (secondary N) is 1. The summed E-state index contributed by atoms with van der Waals surface area (Å²) in [4.78, 5) is 14.4. The van der Waals surface area contributed by atoms with Gasteiger partial charge in [-0.1, -0.05) is 19.4 Å². The van der Waals surface area contributed by atoms with Crippen LogP contribution in [0.1, 0.15) is 42.6 Å². The van der Waals surface area contributed by atoms with Crippen LogP contribution in [0.15, 0.2) is 18.2 Å². The third kappa shape index (κ3) is 4.53. The zero-order valence-electron chi connectivity index (χ0n) is 12.8. The third-order valence-corrected chi connectivity index (χ3v) is 3.21. The van der Waals surface area contributed by atoms with Gasteiger partial charge in [0.05, 0.1) is 12.2 Å². The molecule has 0 heterocycles. The first-order chi connectivity index (χ1) is 9.63. The number of carbonyl (C=O) groups excluding carboxylic acids is 1. The molecule has 0 aromatic heterocycles. The Bertz CT molecular complexity index is 432. The number of aryl methyl sites for hydroxylation is 1. The summed E-state index contributed by atoms with van der Waals surface area (Å²) in [5.41, 5.74) is 2.68. The van der Waals surface area contributed by atoms with Crippen LogP contribution in [-0.2, 0) is 0 Å². The quantitative estimate of drug-likeness (QED) is 0.768. The summed E-state index contributed by atoms with van der Waals surface area (Å²) in [6.07, 6.45) is 1.98. The van der Waals surface area contributed by atoms with Crippen LogP contribution in [0.25, 0.3) is 0 Å². The number of carbonyl (C=O) groups is 1. The van der Waals surface area contributed by atoms with Gasteiger partial charge >= 0.3 is 0 Å². The molecule has 0 unspecified atom stereocenters. The van der Waals surface area contributed by atoms with E-state index < -0.39 is 0 Å². The highest BCUT2D eigenvalue weighted by Crippen LogP contribution is 2.19. The normalized spacial score (nSPS) is 10.4. The Hall–Kier alpha value is -1.55. The number of amides is 1. The molecule has 0 aliphatic heterocycles. The van der Waals surface area contributed by atoms with Crippen molar-refractivity contribution in [3.63, 3.8) is 0 Å². The average Bonchev–Trinajstić information content (AvgIpc) is 2.43. The van der Waals surface area contributed by atoms with E-state index >= 15 is 0 Å². The van der Waals surface area contributed by atoms with Crippen LogP contribution in [0.3, 0.4) is 0 Å². The van der Waals surface area contributed by atoms with Gasteiger partial charge in [0.25, 0.3) is 5.91 Å². The summed E-state index contributed by atoms with van der Waals surface area (Å²) in [7, 11) is 0. The lowest BCUT2D eigenvalue weighted by atomic mass is 10.1. The molecule has 0 fully saturated rings. The van der Waals surface area contributed by atoms with Gasteiger partial charge in [-0.15, -0.1) is 0 Å². The van der Waals surface area contributed by atoms with Crippen LogP contribution in [0.4, 0.5) is 5.69 Å². The van der Waals surface area contributed by atoms with E-state index in [1.165, 1.54) is 0 Å². The van der Waals surface area contributed by atoms with E-state index in [4.69, 9.17) is 5.11 Å². The summed E-state index contributed by atoms with van der Waals surface area (Å²) < 4.78 is 0. The second-order valence-electron chi connectivity index (χ2n) is 4.95. The maximum absolute atomic E-state index is 12.6. The van der Waals surface area contributed by atoms with Gasteiger partial charge in [0.2, 0.25) is 0 Å². The third-order valence-electron chi connectivity index (χ3n) is 3.21. The Labute approximate surface area is 121 Å². The maximum atomic E-state index is 12.6. The molecular weight excluding hydrogens is 252 g/mol. The Balaban J connectivity index is 2.97. The number of unbranched alkanes of at least 4 members (excludes halogenated alkanes) is 1. The molecule has 20 heavy (non-hydrogen) atoms. The van der Waals surface area contributed by atoms with Gasteiger partial charge in [-0.3, -0.25) is 4.79 Å². The van der Waals surface area contributed by atoms with Gasteiger partial charge in [-0.05, 0) is 38.0 Å². The standard InChI is InChI=1S/C16H26N2O2/c1-4-6-9-18(10-11-19)16(20)14-8-7-13(3)12-15(14)17-5-2/h7-8,12,17,19H,4-6,9-11H2,1-3H3. The van der Waals surface area contributed by atoms with Crippen molar-refractivity contribution in [3.8, 4) is 0 Å². The van der Waals surface area contributed by atoms with Crippen molar-refractivity contribution in [3.05, 3.63) is 29.3 Å². The van der Waals surface area contributed by atoms with Crippen molar-refractivity contribution in [2.24, 2.45) is 0 Å². The molecule has 0 saturated heterocycles. The summed E-state index contributed by atoms with van der Waals surface area (Å²) in [6, 6.07) is 5.81. The van der Waals surface area contributed by atoms with E-state index in [0.29, 0.717) is 18.7 Å². The minimum atomic E-state index is -0.0107. The van der Waals surface area contributed by atoms with E-state index in [-0.39, 0.29) is 12.5 Å². The predicted molar refractivity (Wildman–Crippen MR) is 83.2 cm³/mol. The zero-order chi connectivity index (χ0) is 15.0. The van der Waals surface area contributed by atoms with E-state index in [2.05, 4.69) is 12.2 Å². The fraction of sp³-hybridized carbons (Fsp3) is 0.562. The molecule has 1 amide bonds. The van der Waals surface area contributed by atoms with Crippen molar-refractivity contribution in [1.29, 1.82) is 0 Å². The molecule has 4 nitrogen and oxygen atoms in total. The molecule has 112 valence electrons. The molecule has 0 atom stereocenters. The fourth-order valence-electron chi connectivity index (χ4n) is 2.14. The first-order valence-corrected chi connectivity index (χ1v) is 7.38. The first-order valence-electron chi connectivity index (χ1n) is 7.38. The van der Waals surface area contributed by atoms with Crippen molar-refractivity contribution < 1.29 is 9.90 Å². The van der Waals surface area contributed by atoms with Crippen LogP contribution >= 0.6 is 0 Å². The van der Waals surface area contributed by atoms with E-state index in [1.807, 2.05) is 32.0 Å². The number of hydrogen-bond donors (Lipinski definition) is 2. The molecule has 0 radical (unpaired) electrons. The van der Waals surface area contributed by atoms with Crippen molar-refractivity contribution in [2.45, 2.75) is 33.6 Å². The van der Waals surface area contributed by atoms with E-state index in [1.54, 1.807) is 4.90 Å². The highest BCUT2D eigenvalue weighted by Gasteiger charge is 2.18. The number of aliphatic hydroxyl groups excluding tert-OH is 1. The van der Waals surface area contributed by atoms with Gasteiger partial charge in [-0.2, -0.15) is 0 Å². The van der Waals surface area contributed by atoms with Crippen molar-refractivity contribution in [2.75, 3.05) is 31.6 Å². The summed E-state index contributed by atoms with van der Waals surface area (Å²) >= 11 is 0.